The Morgan fingerprint density at radius 2 is 1.96 bits per heavy atom. The third kappa shape index (κ3) is 3.24. The first-order chi connectivity index (χ1) is 13.2. The number of amides is 2. The van der Waals surface area contributed by atoms with E-state index in [1.165, 1.54) is 18.7 Å². The van der Waals surface area contributed by atoms with Crippen LogP contribution in [0.4, 0.5) is 5.69 Å². The average molecular weight is 364 g/mol. The van der Waals surface area contributed by atoms with Crippen LogP contribution in [0.2, 0.25) is 0 Å². The average Bonchev–Trinajstić information content (AvgIpc) is 3.30. The standard InChI is InChI=1S/C21H24N4O2/c26-20-11-15(12-25(20)17-8-9-17)21(27)22-16-6-4-14(5-7-16)18-13-24-10-2-1-3-19(24)23-18/h4-7,13,15,17H,1-3,8-12H2,(H,22,27)/t15-/m1/s1. The van der Waals surface area contributed by atoms with E-state index >= 15 is 0 Å². The summed E-state index contributed by atoms with van der Waals surface area (Å²) in [7, 11) is 0. The van der Waals surface area contributed by atoms with E-state index in [1.54, 1.807) is 0 Å². The van der Waals surface area contributed by atoms with Crippen molar-refractivity contribution in [1.29, 1.82) is 0 Å². The van der Waals surface area contributed by atoms with Crippen LogP contribution in [0.15, 0.2) is 30.5 Å². The Morgan fingerprint density at radius 3 is 2.70 bits per heavy atom. The van der Waals surface area contributed by atoms with Crippen molar-refractivity contribution in [2.24, 2.45) is 5.92 Å². The van der Waals surface area contributed by atoms with E-state index in [0.717, 1.165) is 42.8 Å². The minimum Gasteiger partial charge on any atom is -0.339 e. The predicted molar refractivity (Wildman–Crippen MR) is 102 cm³/mol. The molecule has 1 aliphatic carbocycles. The number of carbonyl (C=O) groups is 2. The molecule has 0 bridgehead atoms. The van der Waals surface area contributed by atoms with Crippen LogP contribution in [0.5, 0.6) is 0 Å². The van der Waals surface area contributed by atoms with Gasteiger partial charge in [0.1, 0.15) is 5.82 Å². The largest absolute Gasteiger partial charge is 0.339 e. The number of nitrogens with one attached hydrogen (secondary N) is 1. The van der Waals surface area contributed by atoms with Gasteiger partial charge in [0.2, 0.25) is 11.8 Å². The first-order valence-corrected chi connectivity index (χ1v) is 9.94. The molecule has 3 aliphatic rings. The molecule has 27 heavy (non-hydrogen) atoms. The van der Waals surface area contributed by atoms with Crippen molar-refractivity contribution >= 4 is 17.5 Å². The van der Waals surface area contributed by atoms with Gasteiger partial charge < -0.3 is 14.8 Å². The first-order valence-electron chi connectivity index (χ1n) is 9.94. The molecule has 140 valence electrons. The second-order valence-corrected chi connectivity index (χ2v) is 7.94. The Morgan fingerprint density at radius 1 is 1.15 bits per heavy atom. The van der Waals surface area contributed by atoms with Gasteiger partial charge >= 0.3 is 0 Å². The van der Waals surface area contributed by atoms with Crippen LogP contribution in [-0.4, -0.2) is 38.9 Å². The lowest BCUT2D eigenvalue weighted by Gasteiger charge is -2.15. The molecule has 3 heterocycles. The molecule has 0 radical (unpaired) electrons. The van der Waals surface area contributed by atoms with E-state index in [9.17, 15) is 9.59 Å². The van der Waals surface area contributed by atoms with Gasteiger partial charge in [-0.25, -0.2) is 4.98 Å². The van der Waals surface area contributed by atoms with Gasteiger partial charge in [-0.2, -0.15) is 0 Å². The normalized spacial score (nSPS) is 22.0. The molecular weight excluding hydrogens is 340 g/mol. The van der Waals surface area contributed by atoms with E-state index in [4.69, 9.17) is 4.98 Å². The van der Waals surface area contributed by atoms with Gasteiger partial charge in [-0.05, 0) is 37.8 Å². The van der Waals surface area contributed by atoms with Gasteiger partial charge in [-0.1, -0.05) is 12.1 Å². The summed E-state index contributed by atoms with van der Waals surface area (Å²) in [5, 5.41) is 2.97. The summed E-state index contributed by atoms with van der Waals surface area (Å²) in [6, 6.07) is 8.22. The highest BCUT2D eigenvalue weighted by Crippen LogP contribution is 2.33. The number of nitrogens with zero attached hydrogens (tertiary/aromatic N) is 3. The fraction of sp³-hybridized carbons (Fsp3) is 0.476. The van der Waals surface area contributed by atoms with Crippen LogP contribution >= 0.6 is 0 Å². The van der Waals surface area contributed by atoms with Gasteiger partial charge in [0.15, 0.2) is 0 Å². The molecule has 1 atom stereocenters. The monoisotopic (exact) mass is 364 g/mol. The van der Waals surface area contributed by atoms with Crippen LogP contribution in [-0.2, 0) is 22.6 Å². The third-order valence-corrected chi connectivity index (χ3v) is 5.87. The topological polar surface area (TPSA) is 67.2 Å². The lowest BCUT2D eigenvalue weighted by Crippen LogP contribution is -2.29. The highest BCUT2D eigenvalue weighted by Gasteiger charge is 2.41. The maximum absolute atomic E-state index is 12.5. The van der Waals surface area contributed by atoms with Crippen LogP contribution in [0, 0.1) is 5.92 Å². The van der Waals surface area contributed by atoms with Crippen molar-refractivity contribution < 1.29 is 9.59 Å². The molecular formula is C21H24N4O2. The van der Waals surface area contributed by atoms with Gasteiger partial charge in [0.05, 0.1) is 11.6 Å². The van der Waals surface area contributed by atoms with Crippen molar-refractivity contribution in [2.45, 2.75) is 51.1 Å². The first kappa shape index (κ1) is 16.5. The summed E-state index contributed by atoms with van der Waals surface area (Å²) in [5.41, 5.74) is 2.82. The number of aryl methyl sites for hydroxylation is 2. The highest BCUT2D eigenvalue weighted by molar-refractivity contribution is 5.97. The zero-order valence-corrected chi connectivity index (χ0v) is 15.4. The molecule has 1 N–H and O–H groups in total. The Balaban J connectivity index is 1.24. The van der Waals surface area contributed by atoms with Crippen molar-refractivity contribution in [3.8, 4) is 11.3 Å². The second-order valence-electron chi connectivity index (χ2n) is 7.94. The molecule has 0 unspecified atom stereocenters. The van der Waals surface area contributed by atoms with Crippen LogP contribution in [0.3, 0.4) is 0 Å². The second kappa shape index (κ2) is 6.51. The molecule has 0 spiro atoms. The molecule has 2 aliphatic heterocycles. The fourth-order valence-electron chi connectivity index (χ4n) is 4.17. The summed E-state index contributed by atoms with van der Waals surface area (Å²) in [6.07, 6.45) is 8.10. The zero-order valence-electron chi connectivity index (χ0n) is 15.4. The number of carbonyl (C=O) groups excluding carboxylic acids is 2. The maximum Gasteiger partial charge on any atom is 0.229 e. The predicted octanol–water partition coefficient (Wildman–Crippen LogP) is 2.84. The molecule has 5 rings (SSSR count). The summed E-state index contributed by atoms with van der Waals surface area (Å²) in [6.45, 7) is 1.61. The van der Waals surface area contributed by atoms with Gasteiger partial charge in [0.25, 0.3) is 0 Å². The number of hydrogen-bond donors (Lipinski definition) is 1. The Kier molecular flexibility index (Phi) is 3.99. The summed E-state index contributed by atoms with van der Waals surface area (Å²) < 4.78 is 2.25. The van der Waals surface area contributed by atoms with Gasteiger partial charge in [-0.3, -0.25) is 9.59 Å². The Hall–Kier alpha value is -2.63. The molecule has 1 saturated heterocycles. The molecule has 2 amide bonds. The number of benzene rings is 1. The Bertz CT molecular complexity index is 859. The molecule has 6 heteroatoms. The highest BCUT2D eigenvalue weighted by atomic mass is 16.2. The van der Waals surface area contributed by atoms with Crippen LogP contribution < -0.4 is 5.32 Å². The van der Waals surface area contributed by atoms with Gasteiger partial charge in [0, 0.05) is 49.4 Å². The summed E-state index contributed by atoms with van der Waals surface area (Å²) in [4.78, 5) is 31.2. The lowest BCUT2D eigenvalue weighted by atomic mass is 10.1. The molecule has 1 aromatic carbocycles. The van der Waals surface area contributed by atoms with Crippen molar-refractivity contribution in [1.82, 2.24) is 14.5 Å². The number of likely N-dealkylation sites (tertiary alicyclic amines) is 1. The summed E-state index contributed by atoms with van der Waals surface area (Å²) >= 11 is 0. The number of fused-ring (bicyclic) bond motifs is 1. The molecule has 1 saturated carbocycles. The van der Waals surface area contributed by atoms with Crippen LogP contribution in [0.25, 0.3) is 11.3 Å². The summed E-state index contributed by atoms with van der Waals surface area (Å²) in [5.74, 6) is 0.992. The van der Waals surface area contributed by atoms with Crippen LogP contribution in [0.1, 0.15) is 37.9 Å². The quantitative estimate of drug-likeness (QED) is 0.907. The van der Waals surface area contributed by atoms with Crippen molar-refractivity contribution in [2.75, 3.05) is 11.9 Å². The number of imidazole rings is 1. The SMILES string of the molecule is O=C(Nc1ccc(-c2cn3c(n2)CCCC3)cc1)[C@@H]1CC(=O)N(C2CC2)C1. The molecule has 1 aromatic heterocycles. The van der Waals surface area contributed by atoms with E-state index in [-0.39, 0.29) is 17.7 Å². The van der Waals surface area contributed by atoms with E-state index in [2.05, 4.69) is 16.1 Å². The van der Waals surface area contributed by atoms with E-state index in [1.807, 2.05) is 29.2 Å². The van der Waals surface area contributed by atoms with E-state index < -0.39 is 0 Å². The lowest BCUT2D eigenvalue weighted by molar-refractivity contribution is -0.128. The zero-order chi connectivity index (χ0) is 18.4. The minimum atomic E-state index is -0.238. The Labute approximate surface area is 158 Å². The smallest absolute Gasteiger partial charge is 0.229 e. The van der Waals surface area contributed by atoms with Crippen molar-refractivity contribution in [3.05, 3.63) is 36.3 Å². The minimum absolute atomic E-state index is 0.0586. The van der Waals surface area contributed by atoms with E-state index in [0.29, 0.717) is 19.0 Å². The number of anilines is 1. The van der Waals surface area contributed by atoms with Gasteiger partial charge in [-0.15, -0.1) is 0 Å². The molecule has 6 nitrogen and oxygen atoms in total. The maximum atomic E-state index is 12.5. The van der Waals surface area contributed by atoms with Crippen molar-refractivity contribution in [3.63, 3.8) is 0 Å². The third-order valence-electron chi connectivity index (χ3n) is 5.87. The molecule has 2 aromatic rings. The number of hydrogen-bond acceptors (Lipinski definition) is 3. The molecule has 2 fully saturated rings. The number of aromatic nitrogens is 2. The fourth-order valence-corrected chi connectivity index (χ4v) is 4.17. The number of rotatable bonds is 4.